The number of nitrogens with zero attached hydrogens (tertiary/aromatic N) is 2. The molecule has 1 unspecified atom stereocenters. The largest absolute Gasteiger partial charge is 0.399 e. The molecule has 1 aromatic carbocycles. The number of benzene rings is 1. The first-order valence-corrected chi connectivity index (χ1v) is 6.06. The van der Waals surface area contributed by atoms with Gasteiger partial charge in [-0.25, -0.2) is 4.98 Å². The number of aromatic nitrogens is 2. The zero-order chi connectivity index (χ0) is 13.1. The maximum Gasteiger partial charge on any atom is 0.138 e. The van der Waals surface area contributed by atoms with Crippen molar-refractivity contribution in [3.8, 4) is 0 Å². The van der Waals surface area contributed by atoms with Crippen molar-refractivity contribution in [3.05, 3.63) is 24.0 Å². The molecule has 0 fully saturated rings. The van der Waals surface area contributed by atoms with Gasteiger partial charge in [0.15, 0.2) is 0 Å². The van der Waals surface area contributed by atoms with Crippen LogP contribution in [0.2, 0.25) is 0 Å². The average molecular weight is 249 g/mol. The number of rotatable bonds is 5. The summed E-state index contributed by atoms with van der Waals surface area (Å²) in [4.78, 5) is 4.44. The van der Waals surface area contributed by atoms with Gasteiger partial charge in [-0.1, -0.05) is 0 Å². The summed E-state index contributed by atoms with van der Waals surface area (Å²) in [7, 11) is 1.68. The minimum absolute atomic E-state index is 0.596. The second-order valence-corrected chi connectivity index (χ2v) is 4.39. The maximum atomic E-state index is 9.79. The van der Waals surface area contributed by atoms with E-state index in [0.717, 1.165) is 24.0 Å². The number of anilines is 1. The number of nitrogen functional groups attached to an aromatic ring is 1. The summed E-state index contributed by atoms with van der Waals surface area (Å²) in [6.45, 7) is 3.18. The maximum absolute atomic E-state index is 9.79. The Kier molecular flexibility index (Phi) is 3.84. The molecular weight excluding hydrogens is 230 g/mol. The van der Waals surface area contributed by atoms with E-state index in [1.165, 1.54) is 0 Å². The highest BCUT2D eigenvalue weighted by Gasteiger charge is 2.14. The van der Waals surface area contributed by atoms with E-state index in [-0.39, 0.29) is 0 Å². The lowest BCUT2D eigenvalue weighted by atomic mass is 10.3. The molecule has 0 amide bonds. The van der Waals surface area contributed by atoms with Gasteiger partial charge in [0.25, 0.3) is 0 Å². The first kappa shape index (κ1) is 12.9. The standard InChI is InChI=1S/C13H19N3O2/c1-9(17)13-15-11-8-10(14)4-5-12(11)16(13)6-3-7-18-2/h4-5,8-9,17H,3,6-7,14H2,1-2H3. The molecule has 0 bridgehead atoms. The summed E-state index contributed by atoms with van der Waals surface area (Å²) in [6, 6.07) is 5.62. The molecule has 5 heteroatoms. The lowest BCUT2D eigenvalue weighted by molar-refractivity contribution is 0.175. The first-order valence-electron chi connectivity index (χ1n) is 6.06. The van der Waals surface area contributed by atoms with Crippen LogP contribution in [0.1, 0.15) is 25.3 Å². The minimum Gasteiger partial charge on any atom is -0.399 e. The number of hydrogen-bond acceptors (Lipinski definition) is 4. The summed E-state index contributed by atoms with van der Waals surface area (Å²) in [5.41, 5.74) is 8.25. The fraction of sp³-hybridized carbons (Fsp3) is 0.462. The van der Waals surface area contributed by atoms with Crippen molar-refractivity contribution >= 4 is 16.7 Å². The van der Waals surface area contributed by atoms with E-state index in [4.69, 9.17) is 10.5 Å². The number of ether oxygens (including phenoxy) is 1. The molecule has 0 saturated carbocycles. The summed E-state index contributed by atoms with van der Waals surface area (Å²) >= 11 is 0. The molecule has 18 heavy (non-hydrogen) atoms. The van der Waals surface area contributed by atoms with Crippen molar-refractivity contribution in [2.45, 2.75) is 26.0 Å². The van der Waals surface area contributed by atoms with Crippen molar-refractivity contribution < 1.29 is 9.84 Å². The van der Waals surface area contributed by atoms with Crippen molar-refractivity contribution in [1.82, 2.24) is 9.55 Å². The number of fused-ring (bicyclic) bond motifs is 1. The van der Waals surface area contributed by atoms with Crippen molar-refractivity contribution in [3.63, 3.8) is 0 Å². The van der Waals surface area contributed by atoms with Crippen LogP contribution in [-0.2, 0) is 11.3 Å². The summed E-state index contributed by atoms with van der Waals surface area (Å²) in [5.74, 6) is 0.673. The van der Waals surface area contributed by atoms with Gasteiger partial charge in [0.05, 0.1) is 11.0 Å². The second-order valence-electron chi connectivity index (χ2n) is 4.39. The van der Waals surface area contributed by atoms with Gasteiger partial charge in [-0.05, 0) is 31.5 Å². The van der Waals surface area contributed by atoms with Gasteiger partial charge in [0, 0.05) is 25.9 Å². The Morgan fingerprint density at radius 2 is 2.28 bits per heavy atom. The van der Waals surface area contributed by atoms with Crippen LogP contribution < -0.4 is 5.73 Å². The predicted octanol–water partition coefficient (Wildman–Crippen LogP) is 1.71. The number of aryl methyl sites for hydroxylation is 1. The van der Waals surface area contributed by atoms with Gasteiger partial charge in [0.1, 0.15) is 11.9 Å². The molecule has 2 rings (SSSR count). The molecule has 3 N–H and O–H groups in total. The van der Waals surface area contributed by atoms with Crippen LogP contribution in [0.15, 0.2) is 18.2 Å². The van der Waals surface area contributed by atoms with E-state index >= 15 is 0 Å². The summed E-state index contributed by atoms with van der Waals surface area (Å²) < 4.78 is 7.08. The molecule has 0 radical (unpaired) electrons. The third-order valence-corrected chi connectivity index (χ3v) is 2.91. The Bertz CT molecular complexity index is 534. The van der Waals surface area contributed by atoms with Crippen LogP contribution in [0.4, 0.5) is 5.69 Å². The van der Waals surface area contributed by atoms with E-state index < -0.39 is 6.10 Å². The van der Waals surface area contributed by atoms with E-state index in [1.807, 2.05) is 22.8 Å². The predicted molar refractivity (Wildman–Crippen MR) is 71.3 cm³/mol. The van der Waals surface area contributed by atoms with Gasteiger partial charge in [-0.2, -0.15) is 0 Å². The quantitative estimate of drug-likeness (QED) is 0.625. The Balaban J connectivity index is 2.42. The van der Waals surface area contributed by atoms with Gasteiger partial charge in [0.2, 0.25) is 0 Å². The molecule has 0 spiro atoms. The van der Waals surface area contributed by atoms with Crippen LogP contribution in [0, 0.1) is 0 Å². The summed E-state index contributed by atoms with van der Waals surface area (Å²) in [6.07, 6.45) is 0.285. The van der Waals surface area contributed by atoms with Gasteiger partial charge < -0.3 is 20.1 Å². The Morgan fingerprint density at radius 1 is 1.50 bits per heavy atom. The van der Waals surface area contributed by atoms with Crippen LogP contribution >= 0.6 is 0 Å². The topological polar surface area (TPSA) is 73.3 Å². The van der Waals surface area contributed by atoms with Gasteiger partial charge in [-0.15, -0.1) is 0 Å². The fourth-order valence-electron chi connectivity index (χ4n) is 2.09. The number of methoxy groups -OCH3 is 1. The first-order chi connectivity index (χ1) is 8.63. The second kappa shape index (κ2) is 5.37. The molecule has 2 aromatic rings. The van der Waals surface area contributed by atoms with Crippen molar-refractivity contribution in [1.29, 1.82) is 0 Å². The van der Waals surface area contributed by atoms with Crippen molar-refractivity contribution in [2.75, 3.05) is 19.5 Å². The molecule has 0 aliphatic rings. The molecule has 98 valence electrons. The Hall–Kier alpha value is -1.59. The molecular formula is C13H19N3O2. The third-order valence-electron chi connectivity index (χ3n) is 2.91. The number of aliphatic hydroxyl groups excluding tert-OH is 1. The molecule has 5 nitrogen and oxygen atoms in total. The normalized spacial score (nSPS) is 13.1. The average Bonchev–Trinajstić information content (AvgIpc) is 2.68. The SMILES string of the molecule is COCCCn1c(C(C)O)nc2cc(N)ccc21. The number of aliphatic hydroxyl groups is 1. The molecule has 1 atom stereocenters. The Labute approximate surface area is 106 Å². The molecule has 0 saturated heterocycles. The third kappa shape index (κ3) is 2.47. The summed E-state index contributed by atoms with van der Waals surface area (Å²) in [5, 5.41) is 9.79. The van der Waals surface area contributed by atoms with Crippen LogP contribution in [0.3, 0.4) is 0 Å². The van der Waals surface area contributed by atoms with E-state index in [1.54, 1.807) is 14.0 Å². The lowest BCUT2D eigenvalue weighted by Crippen LogP contribution is -2.08. The Morgan fingerprint density at radius 3 is 2.94 bits per heavy atom. The zero-order valence-electron chi connectivity index (χ0n) is 10.8. The highest BCUT2D eigenvalue weighted by Crippen LogP contribution is 2.23. The van der Waals surface area contributed by atoms with Crippen LogP contribution in [0.5, 0.6) is 0 Å². The number of nitrogens with two attached hydrogens (primary N) is 1. The highest BCUT2D eigenvalue weighted by atomic mass is 16.5. The van der Waals surface area contributed by atoms with Crippen LogP contribution in [0.25, 0.3) is 11.0 Å². The highest BCUT2D eigenvalue weighted by molar-refractivity contribution is 5.79. The monoisotopic (exact) mass is 249 g/mol. The molecule has 0 aliphatic carbocycles. The zero-order valence-corrected chi connectivity index (χ0v) is 10.8. The number of hydrogen-bond donors (Lipinski definition) is 2. The molecule has 0 aliphatic heterocycles. The van der Waals surface area contributed by atoms with E-state index in [2.05, 4.69) is 4.98 Å². The van der Waals surface area contributed by atoms with Gasteiger partial charge >= 0.3 is 0 Å². The van der Waals surface area contributed by atoms with Gasteiger partial charge in [-0.3, -0.25) is 0 Å². The lowest BCUT2D eigenvalue weighted by Gasteiger charge is -2.10. The van der Waals surface area contributed by atoms with E-state index in [0.29, 0.717) is 18.1 Å². The fourth-order valence-corrected chi connectivity index (χ4v) is 2.09. The van der Waals surface area contributed by atoms with Crippen molar-refractivity contribution in [2.24, 2.45) is 0 Å². The smallest absolute Gasteiger partial charge is 0.138 e. The molecule has 1 aromatic heterocycles. The van der Waals surface area contributed by atoms with E-state index in [9.17, 15) is 5.11 Å². The number of imidazole rings is 1. The minimum atomic E-state index is -0.596. The molecule has 1 heterocycles. The van der Waals surface area contributed by atoms with Crippen LogP contribution in [-0.4, -0.2) is 28.4 Å².